The van der Waals surface area contributed by atoms with Crippen LogP contribution in [-0.4, -0.2) is 69.4 Å². The lowest BCUT2D eigenvalue weighted by Crippen LogP contribution is -2.45. The molecular formula is C22H30N2O2. The van der Waals surface area contributed by atoms with Crippen LogP contribution in [0.5, 0.6) is 5.75 Å². The van der Waals surface area contributed by atoms with Crippen molar-refractivity contribution in [3.05, 3.63) is 65.7 Å². The third kappa shape index (κ3) is 6.45. The van der Waals surface area contributed by atoms with Crippen LogP contribution in [0.1, 0.15) is 11.1 Å². The van der Waals surface area contributed by atoms with E-state index in [1.165, 1.54) is 11.1 Å². The predicted octanol–water partition coefficient (Wildman–Crippen LogP) is 2.92. The Bertz CT molecular complexity index is 622. The molecule has 0 amide bonds. The van der Waals surface area contributed by atoms with E-state index >= 15 is 0 Å². The number of piperazine rings is 1. The normalized spacial score (nSPS) is 15.9. The number of benzene rings is 2. The molecule has 3 rings (SSSR count). The topological polar surface area (TPSA) is 24.9 Å². The molecule has 26 heavy (non-hydrogen) atoms. The van der Waals surface area contributed by atoms with Crippen LogP contribution in [0, 0.1) is 0 Å². The van der Waals surface area contributed by atoms with Gasteiger partial charge in [0.2, 0.25) is 0 Å². The molecule has 0 aliphatic carbocycles. The first-order chi connectivity index (χ1) is 12.8. The molecule has 4 nitrogen and oxygen atoms in total. The van der Waals surface area contributed by atoms with E-state index in [1.54, 1.807) is 0 Å². The summed E-state index contributed by atoms with van der Waals surface area (Å²) >= 11 is 0. The van der Waals surface area contributed by atoms with Gasteiger partial charge in [-0.25, -0.2) is 0 Å². The third-order valence-electron chi connectivity index (χ3n) is 4.82. The van der Waals surface area contributed by atoms with Crippen molar-refractivity contribution in [1.29, 1.82) is 0 Å². The van der Waals surface area contributed by atoms with Gasteiger partial charge in [0.05, 0.1) is 13.2 Å². The van der Waals surface area contributed by atoms with Crippen molar-refractivity contribution in [2.45, 2.75) is 6.42 Å². The summed E-state index contributed by atoms with van der Waals surface area (Å²) < 4.78 is 11.5. The second-order valence-corrected chi connectivity index (χ2v) is 6.91. The van der Waals surface area contributed by atoms with Crippen LogP contribution in [0.25, 0.3) is 0 Å². The van der Waals surface area contributed by atoms with E-state index in [0.717, 1.165) is 51.5 Å². The third-order valence-corrected chi connectivity index (χ3v) is 4.82. The molecule has 1 fully saturated rings. The van der Waals surface area contributed by atoms with E-state index in [1.807, 2.05) is 18.2 Å². The van der Waals surface area contributed by atoms with E-state index in [4.69, 9.17) is 9.47 Å². The molecule has 0 aromatic heterocycles. The van der Waals surface area contributed by atoms with Crippen LogP contribution in [0.3, 0.4) is 0 Å². The molecule has 0 saturated carbocycles. The molecule has 0 unspecified atom stereocenters. The highest BCUT2D eigenvalue weighted by Crippen LogP contribution is 2.15. The standard InChI is InChI=1S/C22H30N2O2/c1-23-11-13-24(14-12-23)15-16-25-17-18-26-22-9-7-21(8-10-22)19-20-5-3-2-4-6-20/h2-10H,11-19H2,1H3. The zero-order valence-corrected chi connectivity index (χ0v) is 15.8. The molecule has 0 spiro atoms. The Morgan fingerprint density at radius 1 is 0.769 bits per heavy atom. The van der Waals surface area contributed by atoms with Crippen LogP contribution in [-0.2, 0) is 11.2 Å². The SMILES string of the molecule is CN1CCN(CCOCCOc2ccc(Cc3ccccc3)cc2)CC1. The molecule has 1 heterocycles. The average Bonchev–Trinajstić information content (AvgIpc) is 2.68. The Morgan fingerprint density at radius 3 is 2.19 bits per heavy atom. The molecular weight excluding hydrogens is 324 g/mol. The molecule has 1 aliphatic rings. The van der Waals surface area contributed by atoms with Gasteiger partial charge in [0.1, 0.15) is 12.4 Å². The Morgan fingerprint density at radius 2 is 1.46 bits per heavy atom. The predicted molar refractivity (Wildman–Crippen MR) is 106 cm³/mol. The average molecular weight is 354 g/mol. The molecule has 1 aliphatic heterocycles. The van der Waals surface area contributed by atoms with Gasteiger partial charge in [-0.2, -0.15) is 0 Å². The monoisotopic (exact) mass is 354 g/mol. The number of hydrogen-bond acceptors (Lipinski definition) is 4. The first kappa shape index (κ1) is 18.9. The van der Waals surface area contributed by atoms with Crippen molar-refractivity contribution >= 4 is 0 Å². The first-order valence-electron chi connectivity index (χ1n) is 9.54. The first-order valence-corrected chi connectivity index (χ1v) is 9.54. The Hall–Kier alpha value is -1.88. The van der Waals surface area contributed by atoms with Gasteiger partial charge in [0.25, 0.3) is 0 Å². The van der Waals surface area contributed by atoms with E-state index in [9.17, 15) is 0 Å². The highest BCUT2D eigenvalue weighted by Gasteiger charge is 2.12. The summed E-state index contributed by atoms with van der Waals surface area (Å²) in [4.78, 5) is 4.84. The number of likely N-dealkylation sites (N-methyl/N-ethyl adjacent to an activating group) is 1. The molecule has 2 aromatic carbocycles. The summed E-state index contributed by atoms with van der Waals surface area (Å²) in [6.45, 7) is 7.63. The van der Waals surface area contributed by atoms with E-state index < -0.39 is 0 Å². The smallest absolute Gasteiger partial charge is 0.119 e. The van der Waals surface area contributed by atoms with Gasteiger partial charge < -0.3 is 14.4 Å². The van der Waals surface area contributed by atoms with Gasteiger partial charge in [0, 0.05) is 32.7 Å². The van der Waals surface area contributed by atoms with Crippen LogP contribution in [0.4, 0.5) is 0 Å². The molecule has 1 saturated heterocycles. The summed E-state index contributed by atoms with van der Waals surface area (Å²) in [6.07, 6.45) is 0.955. The van der Waals surface area contributed by atoms with Crippen LogP contribution >= 0.6 is 0 Å². The maximum atomic E-state index is 5.77. The van der Waals surface area contributed by atoms with Gasteiger partial charge in [-0.1, -0.05) is 42.5 Å². The molecule has 0 bridgehead atoms. The van der Waals surface area contributed by atoms with Crippen molar-refractivity contribution in [2.75, 3.05) is 59.6 Å². The van der Waals surface area contributed by atoms with Crippen LogP contribution < -0.4 is 4.74 Å². The number of nitrogens with zero attached hydrogens (tertiary/aromatic N) is 2. The van der Waals surface area contributed by atoms with E-state index in [2.05, 4.69) is 53.2 Å². The Balaban J connectivity index is 1.28. The Labute approximate surface area is 157 Å². The zero-order valence-electron chi connectivity index (χ0n) is 15.8. The largest absolute Gasteiger partial charge is 0.491 e. The fourth-order valence-corrected chi connectivity index (χ4v) is 3.12. The lowest BCUT2D eigenvalue weighted by Gasteiger charge is -2.32. The lowest BCUT2D eigenvalue weighted by atomic mass is 10.1. The quantitative estimate of drug-likeness (QED) is 0.647. The minimum atomic E-state index is 0.598. The van der Waals surface area contributed by atoms with Crippen molar-refractivity contribution < 1.29 is 9.47 Å². The molecule has 0 atom stereocenters. The highest BCUT2D eigenvalue weighted by atomic mass is 16.5. The van der Waals surface area contributed by atoms with Gasteiger partial charge in [-0.15, -0.1) is 0 Å². The van der Waals surface area contributed by atoms with Crippen molar-refractivity contribution in [3.8, 4) is 5.75 Å². The van der Waals surface area contributed by atoms with Gasteiger partial charge in [-0.05, 0) is 36.7 Å². The number of hydrogen-bond donors (Lipinski definition) is 0. The summed E-state index contributed by atoms with van der Waals surface area (Å²) in [5, 5.41) is 0. The molecule has 4 heteroatoms. The highest BCUT2D eigenvalue weighted by molar-refractivity contribution is 5.31. The maximum absolute atomic E-state index is 5.77. The second kappa shape index (κ2) is 10.3. The number of rotatable bonds is 9. The molecule has 0 radical (unpaired) electrons. The van der Waals surface area contributed by atoms with Crippen molar-refractivity contribution in [1.82, 2.24) is 9.80 Å². The zero-order chi connectivity index (χ0) is 18.0. The minimum Gasteiger partial charge on any atom is -0.491 e. The fourth-order valence-electron chi connectivity index (χ4n) is 3.12. The summed E-state index contributed by atoms with van der Waals surface area (Å²) in [7, 11) is 2.18. The lowest BCUT2D eigenvalue weighted by molar-refractivity contribution is 0.0658. The van der Waals surface area contributed by atoms with Crippen LogP contribution in [0.15, 0.2) is 54.6 Å². The van der Waals surface area contributed by atoms with E-state index in [0.29, 0.717) is 13.2 Å². The summed E-state index contributed by atoms with van der Waals surface area (Å²) in [5.74, 6) is 0.907. The molecule has 0 N–H and O–H groups in total. The summed E-state index contributed by atoms with van der Waals surface area (Å²) in [6, 6.07) is 18.9. The number of ether oxygens (including phenoxy) is 2. The molecule has 140 valence electrons. The van der Waals surface area contributed by atoms with E-state index in [-0.39, 0.29) is 0 Å². The van der Waals surface area contributed by atoms with Gasteiger partial charge in [-0.3, -0.25) is 4.90 Å². The van der Waals surface area contributed by atoms with Crippen LogP contribution in [0.2, 0.25) is 0 Å². The van der Waals surface area contributed by atoms with Crippen molar-refractivity contribution in [3.63, 3.8) is 0 Å². The molecule has 2 aromatic rings. The Kier molecular flexibility index (Phi) is 7.50. The minimum absolute atomic E-state index is 0.598. The summed E-state index contributed by atoms with van der Waals surface area (Å²) in [5.41, 5.74) is 2.63. The second-order valence-electron chi connectivity index (χ2n) is 6.91. The van der Waals surface area contributed by atoms with Gasteiger partial charge in [0.15, 0.2) is 0 Å². The van der Waals surface area contributed by atoms with Gasteiger partial charge >= 0.3 is 0 Å². The fraction of sp³-hybridized carbons (Fsp3) is 0.455. The maximum Gasteiger partial charge on any atom is 0.119 e. The van der Waals surface area contributed by atoms with Crippen molar-refractivity contribution in [2.24, 2.45) is 0 Å².